The average molecular weight is 364 g/mol. The average Bonchev–Trinajstić information content (AvgIpc) is 3.35. The molecule has 1 aromatic carbocycles. The highest BCUT2D eigenvalue weighted by atomic mass is 16.5. The summed E-state index contributed by atoms with van der Waals surface area (Å²) in [6.45, 7) is 1.20. The van der Waals surface area contributed by atoms with Crippen LogP contribution in [0.1, 0.15) is 28.8 Å². The second-order valence-corrected chi connectivity index (χ2v) is 6.60. The van der Waals surface area contributed by atoms with Crippen molar-refractivity contribution in [2.24, 2.45) is 0 Å². The molecule has 7 nitrogen and oxygen atoms in total. The molecule has 0 bridgehead atoms. The predicted molar refractivity (Wildman–Crippen MR) is 99.1 cm³/mol. The number of pyridine rings is 1. The van der Waals surface area contributed by atoms with Gasteiger partial charge in [-0.1, -0.05) is 30.3 Å². The van der Waals surface area contributed by atoms with Crippen molar-refractivity contribution in [3.05, 3.63) is 60.0 Å². The minimum atomic E-state index is -0.520. The maximum absolute atomic E-state index is 12.9. The van der Waals surface area contributed by atoms with Gasteiger partial charge >= 0.3 is 5.97 Å². The molecule has 138 valence electrons. The fourth-order valence-corrected chi connectivity index (χ4v) is 3.52. The lowest BCUT2D eigenvalue weighted by Crippen LogP contribution is -2.41. The Morgan fingerprint density at radius 3 is 2.81 bits per heavy atom. The first-order chi connectivity index (χ1) is 13.2. The van der Waals surface area contributed by atoms with Crippen LogP contribution in [0, 0.1) is 0 Å². The van der Waals surface area contributed by atoms with Crippen molar-refractivity contribution in [1.29, 1.82) is 0 Å². The zero-order chi connectivity index (χ0) is 18.8. The third-order valence-corrected chi connectivity index (χ3v) is 4.89. The number of esters is 1. The van der Waals surface area contributed by atoms with Gasteiger partial charge in [-0.15, -0.1) is 0 Å². The summed E-state index contributed by atoms with van der Waals surface area (Å²) in [6, 6.07) is 11.3. The third kappa shape index (κ3) is 3.28. The minimum absolute atomic E-state index is 0.213. The van der Waals surface area contributed by atoms with E-state index in [0.29, 0.717) is 30.6 Å². The Balaban J connectivity index is 1.59. The monoisotopic (exact) mass is 364 g/mol. The number of hydrogen-bond donors (Lipinski definition) is 0. The molecule has 0 N–H and O–H groups in total. The second-order valence-electron chi connectivity index (χ2n) is 6.60. The van der Waals surface area contributed by atoms with E-state index in [1.54, 1.807) is 23.5 Å². The van der Waals surface area contributed by atoms with Gasteiger partial charge in [-0.2, -0.15) is 0 Å². The van der Waals surface area contributed by atoms with Crippen LogP contribution in [0.2, 0.25) is 0 Å². The van der Waals surface area contributed by atoms with E-state index in [1.807, 2.05) is 34.9 Å². The van der Waals surface area contributed by atoms with Gasteiger partial charge in [0.1, 0.15) is 11.6 Å². The van der Waals surface area contributed by atoms with Crippen LogP contribution >= 0.6 is 0 Å². The van der Waals surface area contributed by atoms with Crippen molar-refractivity contribution in [2.45, 2.75) is 25.4 Å². The van der Waals surface area contributed by atoms with E-state index in [0.717, 1.165) is 17.6 Å². The molecule has 0 spiro atoms. The first-order valence-electron chi connectivity index (χ1n) is 8.91. The number of imidazole rings is 1. The van der Waals surface area contributed by atoms with E-state index in [-0.39, 0.29) is 11.9 Å². The minimum Gasteiger partial charge on any atom is -0.467 e. The summed E-state index contributed by atoms with van der Waals surface area (Å²) in [5, 5.41) is 0. The number of ether oxygens (including phenoxy) is 1. The molecule has 27 heavy (non-hydrogen) atoms. The maximum atomic E-state index is 12.9. The molecule has 1 amide bonds. The molecule has 3 aromatic rings. The van der Waals surface area contributed by atoms with Gasteiger partial charge in [0.2, 0.25) is 0 Å². The first kappa shape index (κ1) is 17.2. The van der Waals surface area contributed by atoms with Gasteiger partial charge in [-0.25, -0.2) is 14.8 Å². The van der Waals surface area contributed by atoms with E-state index in [4.69, 9.17) is 4.74 Å². The number of rotatable bonds is 4. The normalized spacial score (nSPS) is 16.6. The van der Waals surface area contributed by atoms with E-state index in [1.165, 1.54) is 7.11 Å². The molecule has 3 heterocycles. The largest absolute Gasteiger partial charge is 0.467 e. The lowest BCUT2D eigenvalue weighted by molar-refractivity contribution is -0.145. The zero-order valence-electron chi connectivity index (χ0n) is 15.0. The molecule has 4 rings (SSSR count). The van der Waals surface area contributed by atoms with Crippen LogP contribution < -0.4 is 0 Å². The van der Waals surface area contributed by atoms with Crippen molar-refractivity contribution in [2.75, 3.05) is 13.7 Å². The van der Waals surface area contributed by atoms with Gasteiger partial charge in [-0.3, -0.25) is 4.79 Å². The van der Waals surface area contributed by atoms with Crippen LogP contribution in [0.5, 0.6) is 0 Å². The second kappa shape index (κ2) is 7.19. The number of likely N-dealkylation sites (tertiary alicyclic amines) is 1. The summed E-state index contributed by atoms with van der Waals surface area (Å²) < 4.78 is 6.77. The van der Waals surface area contributed by atoms with Crippen LogP contribution in [0.25, 0.3) is 11.2 Å². The highest BCUT2D eigenvalue weighted by molar-refractivity contribution is 5.98. The van der Waals surface area contributed by atoms with Crippen molar-refractivity contribution in [3.63, 3.8) is 0 Å². The molecule has 1 atom stereocenters. The lowest BCUT2D eigenvalue weighted by Gasteiger charge is -2.22. The number of amides is 1. The SMILES string of the molecule is COC(=O)[C@@H]1CCCN1C(=O)c1cnc2c(c1)ncn2Cc1ccccc1. The number of aromatic nitrogens is 3. The van der Waals surface area contributed by atoms with Crippen LogP contribution in [0.15, 0.2) is 48.9 Å². The van der Waals surface area contributed by atoms with Crippen LogP contribution in [-0.4, -0.2) is 51.0 Å². The van der Waals surface area contributed by atoms with Crippen LogP contribution in [0.4, 0.5) is 0 Å². The molecule has 0 saturated carbocycles. The molecule has 0 radical (unpaired) electrons. The summed E-state index contributed by atoms with van der Waals surface area (Å²) in [5.41, 5.74) is 2.96. The number of carbonyl (C=O) groups excluding carboxylic acids is 2. The van der Waals surface area contributed by atoms with Gasteiger partial charge < -0.3 is 14.2 Å². The highest BCUT2D eigenvalue weighted by Crippen LogP contribution is 2.22. The molecule has 1 fully saturated rings. The quantitative estimate of drug-likeness (QED) is 0.664. The number of benzene rings is 1. The molecule has 0 aliphatic carbocycles. The maximum Gasteiger partial charge on any atom is 0.328 e. The molecular weight excluding hydrogens is 344 g/mol. The molecular formula is C20H20N4O3. The fourth-order valence-electron chi connectivity index (χ4n) is 3.52. The van der Waals surface area contributed by atoms with Gasteiger partial charge in [0.25, 0.3) is 5.91 Å². The Kier molecular flexibility index (Phi) is 4.58. The molecule has 7 heteroatoms. The van der Waals surface area contributed by atoms with E-state index in [9.17, 15) is 9.59 Å². The number of hydrogen-bond acceptors (Lipinski definition) is 5. The number of nitrogens with zero attached hydrogens (tertiary/aromatic N) is 4. The number of fused-ring (bicyclic) bond motifs is 1. The lowest BCUT2D eigenvalue weighted by atomic mass is 10.2. The summed E-state index contributed by atoms with van der Waals surface area (Å²) >= 11 is 0. The van der Waals surface area contributed by atoms with Crippen LogP contribution in [0.3, 0.4) is 0 Å². The van der Waals surface area contributed by atoms with Gasteiger partial charge in [-0.05, 0) is 24.5 Å². The smallest absolute Gasteiger partial charge is 0.328 e. The summed E-state index contributed by atoms with van der Waals surface area (Å²) in [7, 11) is 1.34. The van der Waals surface area contributed by atoms with E-state index >= 15 is 0 Å². The Morgan fingerprint density at radius 2 is 2.04 bits per heavy atom. The molecule has 0 unspecified atom stereocenters. The third-order valence-electron chi connectivity index (χ3n) is 4.89. The summed E-state index contributed by atoms with van der Waals surface area (Å²) in [6.07, 6.45) is 4.69. The Hall–Kier alpha value is -3.22. The highest BCUT2D eigenvalue weighted by Gasteiger charge is 2.35. The van der Waals surface area contributed by atoms with E-state index in [2.05, 4.69) is 9.97 Å². The van der Waals surface area contributed by atoms with Crippen molar-refractivity contribution < 1.29 is 14.3 Å². The van der Waals surface area contributed by atoms with Crippen LogP contribution in [-0.2, 0) is 16.1 Å². The number of methoxy groups -OCH3 is 1. The molecule has 2 aromatic heterocycles. The topological polar surface area (TPSA) is 77.3 Å². The zero-order valence-corrected chi connectivity index (χ0v) is 15.0. The Labute approximate surface area is 156 Å². The number of carbonyl (C=O) groups is 2. The molecule has 1 saturated heterocycles. The molecule has 1 aliphatic heterocycles. The van der Waals surface area contributed by atoms with E-state index < -0.39 is 6.04 Å². The predicted octanol–water partition coefficient (Wildman–Crippen LogP) is 2.26. The fraction of sp³-hybridized carbons (Fsp3) is 0.300. The summed E-state index contributed by atoms with van der Waals surface area (Å²) in [5.74, 6) is -0.586. The van der Waals surface area contributed by atoms with Gasteiger partial charge in [0, 0.05) is 12.7 Å². The molecule has 1 aliphatic rings. The first-order valence-corrected chi connectivity index (χ1v) is 8.91. The van der Waals surface area contributed by atoms with Crippen molar-refractivity contribution in [3.8, 4) is 0 Å². The summed E-state index contributed by atoms with van der Waals surface area (Å²) in [4.78, 5) is 35.2. The van der Waals surface area contributed by atoms with Crippen molar-refractivity contribution in [1.82, 2.24) is 19.4 Å². The Bertz CT molecular complexity index is 983. The van der Waals surface area contributed by atoms with Crippen molar-refractivity contribution >= 4 is 23.0 Å². The van der Waals surface area contributed by atoms with Gasteiger partial charge in [0.05, 0.1) is 25.5 Å². The van der Waals surface area contributed by atoms with Gasteiger partial charge in [0.15, 0.2) is 5.65 Å². The Morgan fingerprint density at radius 1 is 1.22 bits per heavy atom. The standard InChI is InChI=1S/C20H20N4O3/c1-27-20(26)17-8-5-9-24(17)19(25)15-10-16-18(21-11-15)23(13-22-16)12-14-6-3-2-4-7-14/h2-4,6-7,10-11,13,17H,5,8-9,12H2,1H3/t17-/m0/s1.